The highest BCUT2D eigenvalue weighted by Crippen LogP contribution is 2.09. The molecule has 80 valence electrons. The molecule has 0 bridgehead atoms. The van der Waals surface area contributed by atoms with Crippen molar-refractivity contribution in [3.63, 3.8) is 0 Å². The number of aryl methyl sites for hydroxylation is 1. The van der Waals surface area contributed by atoms with Gasteiger partial charge in [-0.3, -0.25) is 4.68 Å². The fourth-order valence-corrected chi connectivity index (χ4v) is 1.39. The van der Waals surface area contributed by atoms with Crippen molar-refractivity contribution >= 4 is 5.69 Å². The minimum atomic E-state index is 0.457. The molecule has 0 aliphatic rings. The molecular formula is C11H11N5. The highest BCUT2D eigenvalue weighted by molar-refractivity contribution is 5.41. The minimum absolute atomic E-state index is 0.457. The SMILES string of the molecule is Cn1cc(NCc2cccnc2C#N)cn1. The van der Waals surface area contributed by atoms with E-state index in [0.717, 1.165) is 11.3 Å². The first-order valence-corrected chi connectivity index (χ1v) is 4.86. The quantitative estimate of drug-likeness (QED) is 0.834. The van der Waals surface area contributed by atoms with Gasteiger partial charge in [0.1, 0.15) is 11.8 Å². The molecule has 0 unspecified atom stereocenters. The van der Waals surface area contributed by atoms with Crippen LogP contribution in [0, 0.1) is 11.3 Å². The Morgan fingerprint density at radius 2 is 2.44 bits per heavy atom. The van der Waals surface area contributed by atoms with E-state index in [1.165, 1.54) is 0 Å². The van der Waals surface area contributed by atoms with Crippen molar-refractivity contribution in [2.45, 2.75) is 6.54 Å². The third kappa shape index (κ3) is 2.17. The molecule has 0 aromatic carbocycles. The predicted octanol–water partition coefficient (Wildman–Crippen LogP) is 1.30. The standard InChI is InChI=1S/C11H11N5/c1-16-8-10(7-15-16)14-6-9-3-2-4-13-11(9)5-12/h2-4,7-8,14H,6H2,1H3. The van der Waals surface area contributed by atoms with Crippen LogP contribution < -0.4 is 5.32 Å². The summed E-state index contributed by atoms with van der Waals surface area (Å²) in [6, 6.07) is 5.77. The van der Waals surface area contributed by atoms with Crippen LogP contribution >= 0.6 is 0 Å². The second kappa shape index (κ2) is 4.45. The van der Waals surface area contributed by atoms with E-state index >= 15 is 0 Å². The number of nitrogens with zero attached hydrogens (tertiary/aromatic N) is 4. The second-order valence-electron chi connectivity index (χ2n) is 3.38. The Morgan fingerprint density at radius 1 is 1.56 bits per heavy atom. The lowest BCUT2D eigenvalue weighted by Gasteiger charge is -2.04. The van der Waals surface area contributed by atoms with Crippen LogP contribution in [0.15, 0.2) is 30.7 Å². The van der Waals surface area contributed by atoms with Gasteiger partial charge in [-0.2, -0.15) is 10.4 Å². The summed E-state index contributed by atoms with van der Waals surface area (Å²) in [5.74, 6) is 0. The predicted molar refractivity (Wildman–Crippen MR) is 59.5 cm³/mol. The summed E-state index contributed by atoms with van der Waals surface area (Å²) in [5.41, 5.74) is 2.27. The fraction of sp³-hybridized carbons (Fsp3) is 0.182. The van der Waals surface area contributed by atoms with E-state index in [1.54, 1.807) is 17.1 Å². The van der Waals surface area contributed by atoms with Gasteiger partial charge in [0, 0.05) is 31.5 Å². The summed E-state index contributed by atoms with van der Waals surface area (Å²) in [4.78, 5) is 3.99. The van der Waals surface area contributed by atoms with Gasteiger partial charge in [0.15, 0.2) is 0 Å². The number of nitrogens with one attached hydrogen (secondary N) is 1. The Kier molecular flexibility index (Phi) is 2.83. The van der Waals surface area contributed by atoms with Gasteiger partial charge in [-0.15, -0.1) is 0 Å². The van der Waals surface area contributed by atoms with Crippen molar-refractivity contribution in [1.82, 2.24) is 14.8 Å². The smallest absolute Gasteiger partial charge is 0.145 e. The molecule has 2 aromatic rings. The molecule has 0 aliphatic carbocycles. The number of anilines is 1. The van der Waals surface area contributed by atoms with Crippen LogP contribution in [0.25, 0.3) is 0 Å². The number of hydrogen-bond donors (Lipinski definition) is 1. The lowest BCUT2D eigenvalue weighted by Crippen LogP contribution is -2.02. The van der Waals surface area contributed by atoms with Gasteiger partial charge in [-0.1, -0.05) is 6.07 Å². The number of rotatable bonds is 3. The highest BCUT2D eigenvalue weighted by Gasteiger charge is 2.02. The number of aromatic nitrogens is 3. The van der Waals surface area contributed by atoms with Crippen LogP contribution in [-0.4, -0.2) is 14.8 Å². The van der Waals surface area contributed by atoms with Crippen molar-refractivity contribution in [3.05, 3.63) is 42.0 Å². The van der Waals surface area contributed by atoms with Gasteiger partial charge in [0.2, 0.25) is 0 Å². The van der Waals surface area contributed by atoms with E-state index < -0.39 is 0 Å². The maximum Gasteiger partial charge on any atom is 0.145 e. The third-order valence-corrected chi connectivity index (χ3v) is 2.19. The van der Waals surface area contributed by atoms with Gasteiger partial charge in [0.25, 0.3) is 0 Å². The Balaban J connectivity index is 2.08. The fourth-order valence-electron chi connectivity index (χ4n) is 1.39. The van der Waals surface area contributed by atoms with Crippen LogP contribution in [0.4, 0.5) is 5.69 Å². The molecule has 0 fully saturated rings. The summed E-state index contributed by atoms with van der Waals surface area (Å²) in [7, 11) is 1.86. The monoisotopic (exact) mass is 213 g/mol. The molecule has 2 aromatic heterocycles. The molecule has 0 amide bonds. The van der Waals surface area contributed by atoms with Crippen molar-refractivity contribution in [2.75, 3.05) is 5.32 Å². The Bertz CT molecular complexity index is 523. The van der Waals surface area contributed by atoms with Gasteiger partial charge in [-0.25, -0.2) is 4.98 Å². The molecule has 5 heteroatoms. The van der Waals surface area contributed by atoms with Gasteiger partial charge in [-0.05, 0) is 6.07 Å². The normalized spacial score (nSPS) is 9.75. The highest BCUT2D eigenvalue weighted by atomic mass is 15.3. The Morgan fingerprint density at radius 3 is 3.12 bits per heavy atom. The molecule has 0 atom stereocenters. The van der Waals surface area contributed by atoms with Crippen LogP contribution in [0.3, 0.4) is 0 Å². The van der Waals surface area contributed by atoms with E-state index in [1.807, 2.05) is 25.4 Å². The zero-order valence-corrected chi connectivity index (χ0v) is 8.88. The summed E-state index contributed by atoms with van der Waals surface area (Å²) < 4.78 is 1.72. The number of pyridine rings is 1. The minimum Gasteiger partial charge on any atom is -0.378 e. The Hall–Kier alpha value is -2.35. The molecule has 16 heavy (non-hydrogen) atoms. The molecule has 2 heterocycles. The topological polar surface area (TPSA) is 66.5 Å². The molecule has 5 nitrogen and oxygen atoms in total. The molecule has 2 rings (SSSR count). The summed E-state index contributed by atoms with van der Waals surface area (Å²) in [6.45, 7) is 0.572. The van der Waals surface area contributed by atoms with Crippen LogP contribution in [0.1, 0.15) is 11.3 Å². The van der Waals surface area contributed by atoms with Crippen molar-refractivity contribution in [2.24, 2.45) is 7.05 Å². The van der Waals surface area contributed by atoms with E-state index in [9.17, 15) is 0 Å². The van der Waals surface area contributed by atoms with Gasteiger partial charge >= 0.3 is 0 Å². The summed E-state index contributed by atoms with van der Waals surface area (Å²) in [6.07, 6.45) is 5.23. The van der Waals surface area contributed by atoms with E-state index in [0.29, 0.717) is 12.2 Å². The zero-order chi connectivity index (χ0) is 11.4. The molecule has 1 N–H and O–H groups in total. The zero-order valence-electron chi connectivity index (χ0n) is 8.88. The molecule has 0 saturated carbocycles. The molecule has 0 saturated heterocycles. The average molecular weight is 213 g/mol. The molecule has 0 aliphatic heterocycles. The maximum atomic E-state index is 8.86. The number of nitriles is 1. The molecular weight excluding hydrogens is 202 g/mol. The lowest BCUT2D eigenvalue weighted by atomic mass is 10.2. The van der Waals surface area contributed by atoms with Crippen molar-refractivity contribution in [3.8, 4) is 6.07 Å². The van der Waals surface area contributed by atoms with Gasteiger partial charge < -0.3 is 5.32 Å². The second-order valence-corrected chi connectivity index (χ2v) is 3.38. The summed E-state index contributed by atoms with van der Waals surface area (Å²) >= 11 is 0. The Labute approximate surface area is 93.4 Å². The number of hydrogen-bond acceptors (Lipinski definition) is 4. The van der Waals surface area contributed by atoms with Crippen molar-refractivity contribution < 1.29 is 0 Å². The lowest BCUT2D eigenvalue weighted by molar-refractivity contribution is 0.768. The van der Waals surface area contributed by atoms with Crippen molar-refractivity contribution in [1.29, 1.82) is 5.26 Å². The molecule has 0 radical (unpaired) electrons. The van der Waals surface area contributed by atoms with E-state index in [4.69, 9.17) is 5.26 Å². The first kappa shape index (κ1) is 10.2. The molecule has 0 spiro atoms. The largest absolute Gasteiger partial charge is 0.378 e. The van der Waals surface area contributed by atoms with E-state index in [2.05, 4.69) is 21.5 Å². The van der Waals surface area contributed by atoms with E-state index in [-0.39, 0.29) is 0 Å². The van der Waals surface area contributed by atoms with Crippen LogP contribution in [0.2, 0.25) is 0 Å². The van der Waals surface area contributed by atoms with Crippen LogP contribution in [-0.2, 0) is 13.6 Å². The summed E-state index contributed by atoms with van der Waals surface area (Å²) in [5, 5.41) is 16.1. The first-order valence-electron chi connectivity index (χ1n) is 4.86. The average Bonchev–Trinajstić information content (AvgIpc) is 2.73. The third-order valence-electron chi connectivity index (χ3n) is 2.19. The maximum absolute atomic E-state index is 8.86. The van der Waals surface area contributed by atoms with Gasteiger partial charge in [0.05, 0.1) is 11.9 Å². The van der Waals surface area contributed by atoms with Crippen LogP contribution in [0.5, 0.6) is 0 Å². The first-order chi connectivity index (χ1) is 7.79.